The van der Waals surface area contributed by atoms with Crippen molar-refractivity contribution in [3.05, 3.63) is 18.2 Å². The molecule has 0 fully saturated rings. The Morgan fingerprint density at radius 2 is 2.00 bits per heavy atom. The van der Waals surface area contributed by atoms with Crippen LogP contribution in [0.25, 0.3) is 0 Å². The number of imidazole rings is 1. The van der Waals surface area contributed by atoms with Gasteiger partial charge in [-0.3, -0.25) is 4.79 Å². The fraction of sp³-hybridized carbons (Fsp3) is 0.625. The van der Waals surface area contributed by atoms with E-state index < -0.39 is 12.1 Å². The number of rotatable bonds is 14. The number of carbonyl (C=O) groups is 3. The summed E-state index contributed by atoms with van der Waals surface area (Å²) >= 11 is 0. The highest BCUT2D eigenvalue weighted by Gasteiger charge is 2.21. The van der Waals surface area contributed by atoms with Crippen molar-refractivity contribution < 1.29 is 19.5 Å². The van der Waals surface area contributed by atoms with E-state index in [0.29, 0.717) is 25.0 Å². The fourth-order valence-corrected chi connectivity index (χ4v) is 2.24. The number of ketones is 1. The average Bonchev–Trinajstić information content (AvgIpc) is 3.10. The van der Waals surface area contributed by atoms with Gasteiger partial charge in [-0.05, 0) is 12.3 Å². The molecule has 5 N–H and O–H groups in total. The molecule has 0 saturated heterocycles. The van der Waals surface area contributed by atoms with Gasteiger partial charge in [0.1, 0.15) is 12.6 Å². The van der Waals surface area contributed by atoms with E-state index in [1.807, 2.05) is 13.8 Å². The highest BCUT2D eigenvalue weighted by atomic mass is 16.3. The van der Waals surface area contributed by atoms with Gasteiger partial charge >= 0.3 is 0 Å². The zero-order valence-corrected chi connectivity index (χ0v) is 14.6. The molecule has 0 amide bonds. The zero-order valence-electron chi connectivity index (χ0n) is 14.6. The van der Waals surface area contributed by atoms with Crippen LogP contribution in [0, 0.1) is 5.92 Å². The maximum atomic E-state index is 12.5. The lowest BCUT2D eigenvalue weighted by atomic mass is 10.0. The average molecular weight is 353 g/mol. The first-order chi connectivity index (χ1) is 12.0. The maximum absolute atomic E-state index is 12.5. The van der Waals surface area contributed by atoms with Crippen molar-refractivity contribution in [2.75, 3.05) is 13.2 Å². The lowest BCUT2D eigenvalue weighted by Crippen LogP contribution is -2.54. The molecule has 0 spiro atoms. The number of aromatic nitrogens is 2. The third-order valence-electron chi connectivity index (χ3n) is 3.60. The van der Waals surface area contributed by atoms with Gasteiger partial charge in [0.25, 0.3) is 0 Å². The minimum absolute atomic E-state index is 0.00842. The Morgan fingerprint density at radius 1 is 1.28 bits per heavy atom. The topological polar surface area (TPSA) is 136 Å². The second kappa shape index (κ2) is 11.6. The molecule has 1 aromatic heterocycles. The Labute approximate surface area is 147 Å². The molecule has 0 aliphatic carbocycles. The van der Waals surface area contributed by atoms with Gasteiger partial charge in [0.15, 0.2) is 5.78 Å². The van der Waals surface area contributed by atoms with Crippen LogP contribution < -0.4 is 16.2 Å². The fourth-order valence-electron chi connectivity index (χ4n) is 2.24. The van der Waals surface area contributed by atoms with Gasteiger partial charge < -0.3 is 25.0 Å². The summed E-state index contributed by atoms with van der Waals surface area (Å²) in [6.07, 6.45) is 5.43. The first-order valence-electron chi connectivity index (χ1n) is 8.26. The molecule has 0 saturated carbocycles. The first-order valence-corrected chi connectivity index (χ1v) is 8.26. The number of Topliss-reactive ketones (excluding diaryl/α,β-unsaturated/α-hetero) is 1. The molecule has 0 aliphatic rings. The Hall–Kier alpha value is -1.94. The number of nitrogens with zero attached hydrogens (tertiary/aromatic N) is 1. The van der Waals surface area contributed by atoms with Crippen LogP contribution in [0.5, 0.6) is 0 Å². The number of hydrogen-bond donors (Lipinski definition) is 5. The van der Waals surface area contributed by atoms with Crippen LogP contribution in [-0.2, 0) is 20.8 Å². The highest BCUT2D eigenvalue weighted by Crippen LogP contribution is 2.03. The van der Waals surface area contributed by atoms with E-state index in [9.17, 15) is 14.4 Å². The van der Waals surface area contributed by atoms with Crippen molar-refractivity contribution in [1.82, 2.24) is 26.1 Å². The van der Waals surface area contributed by atoms with Crippen molar-refractivity contribution in [3.63, 3.8) is 0 Å². The van der Waals surface area contributed by atoms with Crippen LogP contribution in [0.4, 0.5) is 0 Å². The molecule has 140 valence electrons. The largest absolute Gasteiger partial charge is 0.394 e. The van der Waals surface area contributed by atoms with E-state index in [0.717, 1.165) is 12.0 Å². The number of aromatic amines is 1. The predicted octanol–water partition coefficient (Wildman–Crippen LogP) is -1.25. The standard InChI is InChI=1S/C16H27N5O4/c1-11(2)3-13(7-22)18-6-16(25)15(4-12-5-17-10-19-12)21-20-14(8-23)9-24/h5,7-8,10-11,13-15,18,20-21,24H,3-4,6,9H2,1-2H3,(H,17,19)/t13-,14+,15-/m0/s1. The van der Waals surface area contributed by atoms with Gasteiger partial charge in [-0.2, -0.15) is 0 Å². The van der Waals surface area contributed by atoms with E-state index in [1.54, 1.807) is 6.20 Å². The molecular formula is C16H27N5O4. The SMILES string of the molecule is CC(C)C[C@@H](C=O)NCC(=O)[C@H](Cc1cnc[nH]1)NN[C@H](C=O)CO. The second-order valence-electron chi connectivity index (χ2n) is 6.27. The van der Waals surface area contributed by atoms with E-state index in [1.165, 1.54) is 6.33 Å². The van der Waals surface area contributed by atoms with Crippen LogP contribution in [0.2, 0.25) is 0 Å². The van der Waals surface area contributed by atoms with Gasteiger partial charge in [-0.25, -0.2) is 15.8 Å². The quantitative estimate of drug-likeness (QED) is 0.207. The number of hydrazine groups is 1. The van der Waals surface area contributed by atoms with E-state index in [-0.39, 0.29) is 25.0 Å². The van der Waals surface area contributed by atoms with Crippen molar-refractivity contribution in [3.8, 4) is 0 Å². The van der Waals surface area contributed by atoms with Crippen LogP contribution in [0.15, 0.2) is 12.5 Å². The summed E-state index contributed by atoms with van der Waals surface area (Å²) in [5, 5.41) is 12.0. The van der Waals surface area contributed by atoms with E-state index in [4.69, 9.17) is 5.11 Å². The van der Waals surface area contributed by atoms with E-state index >= 15 is 0 Å². The minimum Gasteiger partial charge on any atom is -0.394 e. The smallest absolute Gasteiger partial charge is 0.165 e. The van der Waals surface area contributed by atoms with Crippen molar-refractivity contribution in [2.24, 2.45) is 5.92 Å². The summed E-state index contributed by atoms with van der Waals surface area (Å²) in [6.45, 7) is 3.62. The van der Waals surface area contributed by atoms with Crippen molar-refractivity contribution in [2.45, 2.75) is 44.8 Å². The van der Waals surface area contributed by atoms with Crippen LogP contribution in [0.1, 0.15) is 26.0 Å². The van der Waals surface area contributed by atoms with Crippen LogP contribution in [-0.4, -0.2) is 64.7 Å². The lowest BCUT2D eigenvalue weighted by Gasteiger charge is -2.21. The van der Waals surface area contributed by atoms with E-state index in [2.05, 4.69) is 26.1 Å². The number of aliphatic hydroxyl groups is 1. The Morgan fingerprint density at radius 3 is 2.52 bits per heavy atom. The van der Waals surface area contributed by atoms with Gasteiger partial charge in [0, 0.05) is 18.3 Å². The zero-order chi connectivity index (χ0) is 18.7. The van der Waals surface area contributed by atoms with Gasteiger partial charge in [-0.15, -0.1) is 0 Å². The normalized spacial score (nSPS) is 14.9. The lowest BCUT2D eigenvalue weighted by molar-refractivity contribution is -0.121. The molecule has 0 aliphatic heterocycles. The van der Waals surface area contributed by atoms with Gasteiger partial charge in [0.2, 0.25) is 0 Å². The summed E-state index contributed by atoms with van der Waals surface area (Å²) < 4.78 is 0. The van der Waals surface area contributed by atoms with Gasteiger partial charge in [0.05, 0.1) is 37.6 Å². The number of carbonyl (C=O) groups excluding carboxylic acids is 3. The maximum Gasteiger partial charge on any atom is 0.165 e. The summed E-state index contributed by atoms with van der Waals surface area (Å²) in [5.41, 5.74) is 6.15. The summed E-state index contributed by atoms with van der Waals surface area (Å²) in [7, 11) is 0. The molecule has 1 rings (SSSR count). The molecule has 3 atom stereocenters. The highest BCUT2D eigenvalue weighted by molar-refractivity contribution is 5.86. The molecule has 9 nitrogen and oxygen atoms in total. The molecule has 9 heteroatoms. The van der Waals surface area contributed by atoms with Crippen molar-refractivity contribution in [1.29, 1.82) is 0 Å². The van der Waals surface area contributed by atoms with Crippen LogP contribution in [0.3, 0.4) is 0 Å². The molecule has 0 unspecified atom stereocenters. The molecule has 0 bridgehead atoms. The van der Waals surface area contributed by atoms with Crippen molar-refractivity contribution >= 4 is 18.4 Å². The summed E-state index contributed by atoms with van der Waals surface area (Å²) in [6, 6.07) is -1.85. The third-order valence-corrected chi connectivity index (χ3v) is 3.60. The number of aldehydes is 2. The van der Waals surface area contributed by atoms with Gasteiger partial charge in [-0.1, -0.05) is 13.8 Å². The summed E-state index contributed by atoms with van der Waals surface area (Å²) in [5.74, 6) is 0.150. The molecule has 1 aromatic rings. The number of hydrogen-bond acceptors (Lipinski definition) is 8. The first kappa shape index (κ1) is 21.1. The monoisotopic (exact) mass is 353 g/mol. The molecule has 1 heterocycles. The number of H-pyrrole nitrogens is 1. The molecule has 25 heavy (non-hydrogen) atoms. The minimum atomic E-state index is -0.811. The third kappa shape index (κ3) is 8.12. The summed E-state index contributed by atoms with van der Waals surface area (Å²) in [4.78, 5) is 41.2. The number of aliphatic hydroxyl groups excluding tert-OH is 1. The predicted molar refractivity (Wildman–Crippen MR) is 91.6 cm³/mol. The molecule has 0 radical (unpaired) electrons. The Bertz CT molecular complexity index is 521. The Kier molecular flexibility index (Phi) is 9.78. The molecule has 0 aromatic carbocycles. The molecular weight excluding hydrogens is 326 g/mol. The Balaban J connectivity index is 2.64. The number of nitrogens with one attached hydrogen (secondary N) is 4. The second-order valence-corrected chi connectivity index (χ2v) is 6.27. The van der Waals surface area contributed by atoms with Crippen LogP contribution >= 0.6 is 0 Å².